The maximum atomic E-state index is 12.7. The molecule has 0 atom stereocenters. The van der Waals surface area contributed by atoms with Crippen molar-refractivity contribution in [3.8, 4) is 5.88 Å². The minimum Gasteiger partial charge on any atom is -0.468 e. The molecule has 0 saturated heterocycles. The summed E-state index contributed by atoms with van der Waals surface area (Å²) in [6, 6.07) is 10.2. The second kappa shape index (κ2) is 9.57. The van der Waals surface area contributed by atoms with Crippen molar-refractivity contribution in [3.05, 3.63) is 75.2 Å². The Morgan fingerprint density at radius 3 is 2.58 bits per heavy atom. The summed E-state index contributed by atoms with van der Waals surface area (Å²) in [5.74, 6) is -0.740. The molecule has 3 rings (SSSR count). The summed E-state index contributed by atoms with van der Waals surface area (Å²) in [6.07, 6.45) is -3.20. The van der Waals surface area contributed by atoms with Crippen LogP contribution in [0.5, 0.6) is 5.88 Å². The highest BCUT2D eigenvalue weighted by Crippen LogP contribution is 2.24. The molecule has 0 fully saturated rings. The molecule has 6 nitrogen and oxygen atoms in total. The summed E-state index contributed by atoms with van der Waals surface area (Å²) in [7, 11) is 0. The normalized spacial score (nSPS) is 11.4. The van der Waals surface area contributed by atoms with E-state index in [-0.39, 0.29) is 35.2 Å². The fourth-order valence-electron chi connectivity index (χ4n) is 2.81. The number of aromatic nitrogens is 3. The number of benzene rings is 1. The predicted molar refractivity (Wildman–Crippen MR) is 109 cm³/mol. The molecule has 0 aliphatic rings. The molecule has 0 bridgehead atoms. The molecule has 31 heavy (non-hydrogen) atoms. The number of nitrogens with one attached hydrogen (secondary N) is 1. The number of carbonyl (C=O) groups excluding carboxylic acids is 1. The van der Waals surface area contributed by atoms with Gasteiger partial charge in [-0.05, 0) is 24.6 Å². The van der Waals surface area contributed by atoms with Crippen LogP contribution in [0.4, 0.5) is 13.2 Å². The molecular weight excluding hydrogens is 456 g/mol. The van der Waals surface area contributed by atoms with Crippen molar-refractivity contribution >= 4 is 29.1 Å². The van der Waals surface area contributed by atoms with Gasteiger partial charge in [-0.3, -0.25) is 4.79 Å². The first-order chi connectivity index (χ1) is 14.7. The van der Waals surface area contributed by atoms with Gasteiger partial charge in [-0.25, -0.2) is 9.67 Å². The van der Waals surface area contributed by atoms with Crippen LogP contribution in [0.3, 0.4) is 0 Å². The summed E-state index contributed by atoms with van der Waals surface area (Å²) < 4.78 is 43.5. The summed E-state index contributed by atoms with van der Waals surface area (Å²) >= 11 is 12.5. The second-order valence-electron chi connectivity index (χ2n) is 6.55. The van der Waals surface area contributed by atoms with Crippen molar-refractivity contribution in [3.63, 3.8) is 0 Å². The topological polar surface area (TPSA) is 69.0 Å². The monoisotopic (exact) mass is 472 g/mol. The number of ether oxygens (including phenoxy) is 1. The minimum absolute atomic E-state index is 0.106. The van der Waals surface area contributed by atoms with E-state index in [2.05, 4.69) is 15.4 Å². The fraction of sp³-hybridized carbons (Fsp3) is 0.250. The molecular formula is C20H17Cl2F3N4O2. The first kappa shape index (κ1) is 22.9. The second-order valence-corrected chi connectivity index (χ2v) is 7.32. The van der Waals surface area contributed by atoms with Crippen molar-refractivity contribution in [2.75, 3.05) is 6.61 Å². The van der Waals surface area contributed by atoms with Gasteiger partial charge in [-0.2, -0.15) is 18.3 Å². The minimum atomic E-state index is -4.50. The number of alkyl halides is 3. The zero-order valence-corrected chi connectivity index (χ0v) is 17.7. The first-order valence-corrected chi connectivity index (χ1v) is 9.79. The number of hydrogen-bond donors (Lipinski definition) is 1. The molecule has 0 spiro atoms. The van der Waals surface area contributed by atoms with Gasteiger partial charge >= 0.3 is 6.18 Å². The maximum absolute atomic E-state index is 12.7. The van der Waals surface area contributed by atoms with Crippen LogP contribution in [-0.4, -0.2) is 33.5 Å². The molecule has 0 saturated carbocycles. The van der Waals surface area contributed by atoms with Crippen LogP contribution in [0.25, 0.3) is 0 Å². The quantitative estimate of drug-likeness (QED) is 0.535. The molecule has 11 heteroatoms. The lowest BCUT2D eigenvalue weighted by Crippen LogP contribution is -2.25. The first-order valence-electron chi connectivity index (χ1n) is 9.03. The number of carbonyl (C=O) groups is 1. The molecule has 2 heterocycles. The Hall–Kier alpha value is -2.78. The van der Waals surface area contributed by atoms with Crippen molar-refractivity contribution < 1.29 is 22.7 Å². The highest BCUT2D eigenvalue weighted by molar-refractivity contribution is 6.33. The highest BCUT2D eigenvalue weighted by Gasteiger charge is 2.29. The smallest absolute Gasteiger partial charge is 0.422 e. The third kappa shape index (κ3) is 5.89. The number of amides is 1. The van der Waals surface area contributed by atoms with E-state index in [4.69, 9.17) is 27.9 Å². The number of rotatable bonds is 7. The lowest BCUT2D eigenvalue weighted by molar-refractivity contribution is -0.154. The summed E-state index contributed by atoms with van der Waals surface area (Å²) in [5.41, 5.74) is 1.63. The zero-order valence-electron chi connectivity index (χ0n) is 16.2. The van der Waals surface area contributed by atoms with E-state index in [0.717, 1.165) is 5.56 Å². The number of halogens is 5. The average molecular weight is 473 g/mol. The Labute approximate surface area is 185 Å². The highest BCUT2D eigenvalue weighted by atomic mass is 35.5. The van der Waals surface area contributed by atoms with E-state index >= 15 is 0 Å². The molecule has 0 unspecified atom stereocenters. The van der Waals surface area contributed by atoms with Gasteiger partial charge in [0.15, 0.2) is 6.61 Å². The summed E-state index contributed by atoms with van der Waals surface area (Å²) in [4.78, 5) is 16.5. The Kier molecular flexibility index (Phi) is 7.07. The number of pyridine rings is 1. The predicted octanol–water partition coefficient (Wildman–Crippen LogP) is 4.81. The lowest BCUT2D eigenvalue weighted by Gasteiger charge is -2.12. The van der Waals surface area contributed by atoms with Crippen LogP contribution < -0.4 is 10.1 Å². The SMILES string of the molecule is Cc1nn(Cc2ccccc2Cl)c(Cl)c1C(=O)NCc1cccnc1OCC(F)(F)F. The maximum Gasteiger partial charge on any atom is 0.422 e. The van der Waals surface area contributed by atoms with Crippen LogP contribution >= 0.6 is 23.2 Å². The van der Waals surface area contributed by atoms with E-state index in [1.807, 2.05) is 12.1 Å². The molecule has 1 N–H and O–H groups in total. The number of nitrogens with zero attached hydrogens (tertiary/aromatic N) is 3. The van der Waals surface area contributed by atoms with Gasteiger partial charge in [0.1, 0.15) is 5.15 Å². The van der Waals surface area contributed by atoms with Gasteiger partial charge < -0.3 is 10.1 Å². The lowest BCUT2D eigenvalue weighted by atomic mass is 10.2. The van der Waals surface area contributed by atoms with E-state index in [9.17, 15) is 18.0 Å². The molecule has 1 aromatic carbocycles. The van der Waals surface area contributed by atoms with Gasteiger partial charge in [0.25, 0.3) is 5.91 Å². The van der Waals surface area contributed by atoms with E-state index in [0.29, 0.717) is 10.7 Å². The van der Waals surface area contributed by atoms with Gasteiger partial charge in [-0.15, -0.1) is 0 Å². The van der Waals surface area contributed by atoms with Crippen LogP contribution in [0.15, 0.2) is 42.6 Å². The molecule has 0 aliphatic heterocycles. The van der Waals surface area contributed by atoms with Gasteiger partial charge in [0.2, 0.25) is 5.88 Å². The summed E-state index contributed by atoms with van der Waals surface area (Å²) in [5, 5.41) is 7.58. The van der Waals surface area contributed by atoms with E-state index in [1.165, 1.54) is 23.0 Å². The third-order valence-electron chi connectivity index (χ3n) is 4.23. The van der Waals surface area contributed by atoms with Crippen molar-refractivity contribution in [2.45, 2.75) is 26.2 Å². The molecule has 1 amide bonds. The Morgan fingerprint density at radius 1 is 1.16 bits per heavy atom. The Morgan fingerprint density at radius 2 is 1.87 bits per heavy atom. The van der Waals surface area contributed by atoms with E-state index < -0.39 is 18.7 Å². The largest absolute Gasteiger partial charge is 0.468 e. The van der Waals surface area contributed by atoms with Gasteiger partial charge in [0, 0.05) is 23.3 Å². The molecule has 3 aromatic rings. The molecule has 2 aromatic heterocycles. The van der Waals surface area contributed by atoms with Crippen LogP contribution in [-0.2, 0) is 13.1 Å². The average Bonchev–Trinajstić information content (AvgIpc) is 2.99. The molecule has 0 aliphatic carbocycles. The van der Waals surface area contributed by atoms with Crippen molar-refractivity contribution in [1.29, 1.82) is 0 Å². The van der Waals surface area contributed by atoms with Crippen molar-refractivity contribution in [2.24, 2.45) is 0 Å². The third-order valence-corrected chi connectivity index (χ3v) is 4.99. The zero-order chi connectivity index (χ0) is 22.6. The van der Waals surface area contributed by atoms with Gasteiger partial charge in [0.05, 0.1) is 17.8 Å². The number of aryl methyl sites for hydroxylation is 1. The molecule has 164 valence electrons. The summed E-state index contributed by atoms with van der Waals surface area (Å²) in [6.45, 7) is 0.312. The fourth-order valence-corrected chi connectivity index (χ4v) is 3.32. The van der Waals surface area contributed by atoms with Crippen LogP contribution in [0.2, 0.25) is 10.2 Å². The van der Waals surface area contributed by atoms with E-state index in [1.54, 1.807) is 19.1 Å². The van der Waals surface area contributed by atoms with Crippen LogP contribution in [0, 0.1) is 6.92 Å². The number of hydrogen-bond acceptors (Lipinski definition) is 4. The Balaban J connectivity index is 1.72. The van der Waals surface area contributed by atoms with Crippen LogP contribution in [0.1, 0.15) is 27.2 Å². The standard InChI is InChI=1S/C20H17Cl2F3N4O2/c1-12-16(17(22)29(28-12)10-14-5-2-3-7-15(14)21)18(30)27-9-13-6-4-8-26-19(13)31-11-20(23,24)25/h2-8H,9-11H2,1H3,(H,27,30). The van der Waals surface area contributed by atoms with Crippen molar-refractivity contribution in [1.82, 2.24) is 20.1 Å². The Bertz CT molecular complexity index is 1090. The molecule has 0 radical (unpaired) electrons. The van der Waals surface area contributed by atoms with Gasteiger partial charge in [-0.1, -0.05) is 47.5 Å².